The van der Waals surface area contributed by atoms with Crippen molar-refractivity contribution in [1.29, 1.82) is 0 Å². The molecule has 2 nitrogen and oxygen atoms in total. The van der Waals surface area contributed by atoms with Crippen LogP contribution in [0.25, 0.3) is 0 Å². The first-order chi connectivity index (χ1) is 5.72. The second-order valence-corrected chi connectivity index (χ2v) is 2.72. The monoisotopic (exact) mass is 201 g/mol. The van der Waals surface area contributed by atoms with Crippen molar-refractivity contribution in [3.63, 3.8) is 0 Å². The van der Waals surface area contributed by atoms with E-state index in [1.165, 1.54) is 0 Å². The first-order valence-corrected chi connectivity index (χ1v) is 3.87. The summed E-state index contributed by atoms with van der Waals surface area (Å²) in [5.74, 6) is 2.85. The molecule has 0 unspecified atom stereocenters. The quantitative estimate of drug-likeness (QED) is 0.542. The van der Waals surface area contributed by atoms with Crippen LogP contribution in [0.15, 0.2) is 12.1 Å². The maximum Gasteiger partial charge on any atom is 0.148 e. The molecular weight excluding hydrogens is 197 g/mol. The fourth-order valence-corrected chi connectivity index (χ4v) is 1.09. The minimum atomic E-state index is 0.191. The third-order valence-electron chi connectivity index (χ3n) is 1.06. The van der Waals surface area contributed by atoms with E-state index in [9.17, 15) is 0 Å². The molecule has 0 aliphatic rings. The summed E-state index contributed by atoms with van der Waals surface area (Å²) < 4.78 is 5.07. The third kappa shape index (κ3) is 2.61. The molecule has 0 radical (unpaired) electrons. The predicted octanol–water partition coefficient (Wildman–Crippen LogP) is 2.40. The zero-order valence-electron chi connectivity index (χ0n) is 6.05. The van der Waals surface area contributed by atoms with E-state index >= 15 is 0 Å². The van der Waals surface area contributed by atoms with Crippen LogP contribution >= 0.6 is 23.2 Å². The first kappa shape index (κ1) is 9.18. The topological polar surface area (TPSA) is 22.1 Å². The van der Waals surface area contributed by atoms with Gasteiger partial charge in [0.15, 0.2) is 0 Å². The number of pyridine rings is 1. The van der Waals surface area contributed by atoms with E-state index in [1.54, 1.807) is 12.1 Å². The summed E-state index contributed by atoms with van der Waals surface area (Å²) in [4.78, 5) is 3.74. The molecule has 0 aromatic carbocycles. The molecule has 0 atom stereocenters. The highest BCUT2D eigenvalue weighted by Crippen LogP contribution is 2.20. The van der Waals surface area contributed by atoms with Crippen LogP contribution in [-0.2, 0) is 0 Å². The van der Waals surface area contributed by atoms with Crippen LogP contribution in [0.4, 0.5) is 0 Å². The van der Waals surface area contributed by atoms with E-state index in [4.69, 9.17) is 34.4 Å². The molecule has 4 heteroatoms. The average molecular weight is 202 g/mol. The largest absolute Gasteiger partial charge is 0.481 e. The summed E-state index contributed by atoms with van der Waals surface area (Å²) in [6, 6.07) is 3.09. The average Bonchev–Trinajstić information content (AvgIpc) is 1.99. The van der Waals surface area contributed by atoms with Gasteiger partial charge in [0.1, 0.15) is 22.7 Å². The number of ether oxygens (including phenoxy) is 1. The molecule has 0 saturated carbocycles. The van der Waals surface area contributed by atoms with Crippen LogP contribution in [0.2, 0.25) is 10.3 Å². The normalized spacial score (nSPS) is 9.08. The molecule has 12 heavy (non-hydrogen) atoms. The Morgan fingerprint density at radius 3 is 2.50 bits per heavy atom. The molecule has 0 amide bonds. The number of halogens is 2. The Bertz CT molecular complexity index is 299. The lowest BCUT2D eigenvalue weighted by Gasteiger charge is -2.01. The van der Waals surface area contributed by atoms with Crippen LogP contribution in [-0.4, -0.2) is 11.6 Å². The fourth-order valence-electron chi connectivity index (χ4n) is 0.651. The van der Waals surface area contributed by atoms with Gasteiger partial charge >= 0.3 is 0 Å². The van der Waals surface area contributed by atoms with Gasteiger partial charge in [0.05, 0.1) is 0 Å². The molecule has 0 N–H and O–H groups in total. The Labute approximate surface area is 80.5 Å². The van der Waals surface area contributed by atoms with Crippen molar-refractivity contribution in [2.24, 2.45) is 0 Å². The molecule has 0 bridgehead atoms. The number of rotatable bonds is 2. The highest BCUT2D eigenvalue weighted by Gasteiger charge is 1.98. The Morgan fingerprint density at radius 2 is 2.00 bits per heavy atom. The number of terminal acetylenes is 1. The zero-order valence-corrected chi connectivity index (χ0v) is 7.56. The summed E-state index contributed by atoms with van der Waals surface area (Å²) in [6.45, 7) is 0.191. The molecule has 62 valence electrons. The van der Waals surface area contributed by atoms with Gasteiger partial charge in [-0.2, -0.15) is 0 Å². The van der Waals surface area contributed by atoms with E-state index in [1.807, 2.05) is 0 Å². The molecule has 1 aromatic rings. The van der Waals surface area contributed by atoms with Gasteiger partial charge in [-0.25, -0.2) is 4.98 Å². The zero-order chi connectivity index (χ0) is 8.97. The Hall–Kier alpha value is -0.910. The lowest BCUT2D eigenvalue weighted by atomic mass is 10.4. The maximum atomic E-state index is 5.60. The fraction of sp³-hybridized carbons (Fsp3) is 0.125. The van der Waals surface area contributed by atoms with E-state index in [-0.39, 0.29) is 16.9 Å². The Morgan fingerprint density at radius 1 is 1.42 bits per heavy atom. The van der Waals surface area contributed by atoms with Crippen LogP contribution in [0.5, 0.6) is 5.75 Å². The van der Waals surface area contributed by atoms with Crippen LogP contribution < -0.4 is 4.74 Å². The van der Waals surface area contributed by atoms with Crippen molar-refractivity contribution in [2.75, 3.05) is 6.61 Å². The summed E-state index contributed by atoms with van der Waals surface area (Å²) in [7, 11) is 0. The summed E-state index contributed by atoms with van der Waals surface area (Å²) in [5, 5.41) is 0.573. The Balaban J connectivity index is 2.80. The summed E-state index contributed by atoms with van der Waals surface area (Å²) >= 11 is 11.2. The van der Waals surface area contributed by atoms with Crippen molar-refractivity contribution >= 4 is 23.2 Å². The van der Waals surface area contributed by atoms with Crippen molar-refractivity contribution in [3.05, 3.63) is 22.4 Å². The van der Waals surface area contributed by atoms with Gasteiger partial charge in [0, 0.05) is 12.1 Å². The molecular formula is C8H5Cl2NO. The van der Waals surface area contributed by atoms with Crippen molar-refractivity contribution in [2.45, 2.75) is 0 Å². The molecule has 0 aliphatic heterocycles. The standard InChI is InChI=1S/C8H5Cl2NO/c1-2-3-12-6-4-7(9)11-8(10)5-6/h1,4-5H,3H2. The first-order valence-electron chi connectivity index (χ1n) is 3.11. The van der Waals surface area contributed by atoms with Gasteiger partial charge in [0.25, 0.3) is 0 Å². The van der Waals surface area contributed by atoms with Gasteiger partial charge in [-0.15, -0.1) is 6.42 Å². The molecule has 0 aliphatic carbocycles. The number of hydrogen-bond acceptors (Lipinski definition) is 2. The SMILES string of the molecule is C#CCOc1cc(Cl)nc(Cl)c1. The summed E-state index contributed by atoms with van der Waals surface area (Å²) in [5.41, 5.74) is 0. The Kier molecular flexibility index (Phi) is 3.21. The van der Waals surface area contributed by atoms with E-state index in [2.05, 4.69) is 10.9 Å². The minimum absolute atomic E-state index is 0.191. The van der Waals surface area contributed by atoms with Crippen LogP contribution in [0.1, 0.15) is 0 Å². The third-order valence-corrected chi connectivity index (χ3v) is 1.45. The van der Waals surface area contributed by atoms with E-state index < -0.39 is 0 Å². The summed E-state index contributed by atoms with van der Waals surface area (Å²) in [6.07, 6.45) is 5.00. The molecule has 0 fully saturated rings. The van der Waals surface area contributed by atoms with Gasteiger partial charge in [-0.3, -0.25) is 0 Å². The van der Waals surface area contributed by atoms with Gasteiger partial charge in [-0.05, 0) is 0 Å². The molecule has 1 aromatic heterocycles. The highest BCUT2D eigenvalue weighted by atomic mass is 35.5. The van der Waals surface area contributed by atoms with Gasteiger partial charge < -0.3 is 4.74 Å². The highest BCUT2D eigenvalue weighted by molar-refractivity contribution is 6.32. The number of aromatic nitrogens is 1. The molecule has 0 saturated heterocycles. The van der Waals surface area contributed by atoms with Gasteiger partial charge in [0.2, 0.25) is 0 Å². The second kappa shape index (κ2) is 4.20. The number of hydrogen-bond donors (Lipinski definition) is 0. The molecule has 1 heterocycles. The predicted molar refractivity (Wildman–Crippen MR) is 48.6 cm³/mol. The van der Waals surface area contributed by atoms with Gasteiger partial charge in [-0.1, -0.05) is 29.1 Å². The van der Waals surface area contributed by atoms with E-state index in [0.717, 1.165) is 0 Å². The molecule has 0 spiro atoms. The van der Waals surface area contributed by atoms with E-state index in [0.29, 0.717) is 5.75 Å². The lowest BCUT2D eigenvalue weighted by molar-refractivity contribution is 0.370. The number of nitrogens with zero attached hydrogens (tertiary/aromatic N) is 1. The van der Waals surface area contributed by atoms with Crippen molar-refractivity contribution in [3.8, 4) is 18.1 Å². The van der Waals surface area contributed by atoms with Crippen LogP contribution in [0, 0.1) is 12.3 Å². The smallest absolute Gasteiger partial charge is 0.148 e. The minimum Gasteiger partial charge on any atom is -0.481 e. The van der Waals surface area contributed by atoms with Crippen molar-refractivity contribution < 1.29 is 4.74 Å². The second-order valence-electron chi connectivity index (χ2n) is 1.94. The molecule has 1 rings (SSSR count). The van der Waals surface area contributed by atoms with Crippen LogP contribution in [0.3, 0.4) is 0 Å². The lowest BCUT2D eigenvalue weighted by Crippen LogP contribution is -1.93. The van der Waals surface area contributed by atoms with Crippen molar-refractivity contribution in [1.82, 2.24) is 4.98 Å². The maximum absolute atomic E-state index is 5.60.